The highest BCUT2D eigenvalue weighted by atomic mass is 32.1. The van der Waals surface area contributed by atoms with Gasteiger partial charge >= 0.3 is 0 Å². The number of carbonyl (C=O) groups excluding carboxylic acids is 1. The second-order valence-corrected chi connectivity index (χ2v) is 9.75. The van der Waals surface area contributed by atoms with Crippen LogP contribution in [-0.4, -0.2) is 37.9 Å². The normalized spacial score (nSPS) is 26.2. The Hall–Kier alpha value is -1.69. The van der Waals surface area contributed by atoms with Crippen LogP contribution < -0.4 is 0 Å². The molecule has 4 rings (SSSR count). The molecule has 0 saturated carbocycles. The minimum absolute atomic E-state index is 0.0188. The first-order valence-corrected chi connectivity index (χ1v) is 9.96. The first kappa shape index (κ1) is 16.8. The van der Waals surface area contributed by atoms with E-state index >= 15 is 0 Å². The Kier molecular flexibility index (Phi) is 3.98. The van der Waals surface area contributed by atoms with Gasteiger partial charge in [0.05, 0.1) is 16.6 Å². The summed E-state index contributed by atoms with van der Waals surface area (Å²) in [5, 5.41) is 8.77. The monoisotopic (exact) mass is 358 g/mol. The lowest BCUT2D eigenvalue weighted by molar-refractivity contribution is 0.0528. The number of fused-ring (bicyclic) bond motifs is 2. The van der Waals surface area contributed by atoms with Crippen molar-refractivity contribution in [1.29, 1.82) is 0 Å². The maximum Gasteiger partial charge on any atom is 0.264 e. The molecule has 6 heteroatoms. The highest BCUT2D eigenvalue weighted by Gasteiger charge is 2.44. The molecule has 0 N–H and O–H groups in total. The fraction of sp³-hybridized carbons (Fsp3) is 0.632. The highest BCUT2D eigenvalue weighted by molar-refractivity contribution is 7.13. The number of carbonyl (C=O) groups is 1. The van der Waals surface area contributed by atoms with Gasteiger partial charge in [-0.05, 0) is 44.7 Å². The van der Waals surface area contributed by atoms with Gasteiger partial charge in [-0.15, -0.1) is 16.4 Å². The topological polar surface area (TPSA) is 51.0 Å². The SMILES string of the molecule is Cc1ccc(C(=O)N2C3CCC2CC(n2cc(C(C)(C)C)nn2)C3)s1. The van der Waals surface area contributed by atoms with E-state index in [0.717, 1.165) is 36.3 Å². The zero-order chi connectivity index (χ0) is 17.8. The van der Waals surface area contributed by atoms with Gasteiger partial charge in [-0.3, -0.25) is 4.79 Å². The second kappa shape index (κ2) is 5.94. The van der Waals surface area contributed by atoms with Crippen LogP contribution in [0.4, 0.5) is 0 Å². The van der Waals surface area contributed by atoms with E-state index in [4.69, 9.17) is 0 Å². The van der Waals surface area contributed by atoms with Gasteiger partial charge in [0.2, 0.25) is 0 Å². The van der Waals surface area contributed by atoms with Crippen LogP contribution in [0.3, 0.4) is 0 Å². The number of amides is 1. The molecule has 5 nitrogen and oxygen atoms in total. The molecule has 4 heterocycles. The molecular formula is C19H26N4OS. The maximum absolute atomic E-state index is 13.0. The van der Waals surface area contributed by atoms with Gasteiger partial charge in [-0.25, -0.2) is 4.68 Å². The van der Waals surface area contributed by atoms with Gasteiger partial charge in [0.15, 0.2) is 0 Å². The molecule has 2 unspecified atom stereocenters. The molecule has 0 radical (unpaired) electrons. The molecule has 2 aliphatic heterocycles. The van der Waals surface area contributed by atoms with Crippen molar-refractivity contribution in [2.75, 3.05) is 0 Å². The molecule has 134 valence electrons. The average Bonchev–Trinajstić information content (AvgIpc) is 3.24. The zero-order valence-electron chi connectivity index (χ0n) is 15.4. The number of hydrogen-bond acceptors (Lipinski definition) is 4. The van der Waals surface area contributed by atoms with E-state index in [1.165, 1.54) is 4.88 Å². The summed E-state index contributed by atoms with van der Waals surface area (Å²) in [7, 11) is 0. The molecule has 2 aromatic heterocycles. The summed E-state index contributed by atoms with van der Waals surface area (Å²) >= 11 is 1.61. The van der Waals surface area contributed by atoms with Crippen LogP contribution in [0.25, 0.3) is 0 Å². The van der Waals surface area contributed by atoms with Gasteiger partial charge in [-0.2, -0.15) is 0 Å². The van der Waals surface area contributed by atoms with E-state index < -0.39 is 0 Å². The standard InChI is InChI=1S/C19H26N4OS/c1-12-5-8-16(25-12)18(24)23-13-6-7-14(23)10-15(9-13)22-11-17(20-21-22)19(2,3)4/h5,8,11,13-15H,6-7,9-10H2,1-4H3. The van der Waals surface area contributed by atoms with Gasteiger partial charge in [0, 0.05) is 28.6 Å². The fourth-order valence-electron chi connectivity index (χ4n) is 4.17. The van der Waals surface area contributed by atoms with E-state index in [1.54, 1.807) is 11.3 Å². The van der Waals surface area contributed by atoms with E-state index in [0.29, 0.717) is 18.1 Å². The zero-order valence-corrected chi connectivity index (χ0v) is 16.2. The molecule has 25 heavy (non-hydrogen) atoms. The first-order valence-electron chi connectivity index (χ1n) is 9.14. The van der Waals surface area contributed by atoms with Gasteiger partial charge < -0.3 is 4.90 Å². The molecule has 2 aliphatic rings. The maximum atomic E-state index is 13.0. The molecule has 2 fully saturated rings. The summed E-state index contributed by atoms with van der Waals surface area (Å²) < 4.78 is 2.04. The van der Waals surface area contributed by atoms with Crippen LogP contribution in [0, 0.1) is 6.92 Å². The lowest BCUT2D eigenvalue weighted by Gasteiger charge is -2.38. The van der Waals surface area contributed by atoms with Crippen molar-refractivity contribution < 1.29 is 4.79 Å². The highest BCUT2D eigenvalue weighted by Crippen LogP contribution is 2.42. The summed E-state index contributed by atoms with van der Waals surface area (Å²) in [5.74, 6) is 0.220. The molecule has 2 saturated heterocycles. The Labute approximate surface area is 153 Å². The Balaban J connectivity index is 1.52. The minimum atomic E-state index is 0.0188. The van der Waals surface area contributed by atoms with E-state index in [1.807, 2.05) is 16.8 Å². The van der Waals surface area contributed by atoms with Crippen LogP contribution in [0.15, 0.2) is 18.3 Å². The van der Waals surface area contributed by atoms with Crippen molar-refractivity contribution >= 4 is 17.2 Å². The lowest BCUT2D eigenvalue weighted by atomic mass is 9.93. The number of rotatable bonds is 2. The summed E-state index contributed by atoms with van der Waals surface area (Å²) in [4.78, 5) is 17.2. The molecule has 2 aromatic rings. The Bertz CT molecular complexity index is 773. The van der Waals surface area contributed by atoms with Gasteiger partial charge in [-0.1, -0.05) is 26.0 Å². The predicted molar refractivity (Wildman–Crippen MR) is 99.0 cm³/mol. The van der Waals surface area contributed by atoms with Crippen molar-refractivity contribution in [2.45, 2.75) is 76.9 Å². The molecule has 2 atom stereocenters. The number of piperidine rings is 1. The smallest absolute Gasteiger partial charge is 0.264 e. The van der Waals surface area contributed by atoms with Crippen molar-refractivity contribution in [2.24, 2.45) is 0 Å². The van der Waals surface area contributed by atoms with E-state index in [2.05, 4.69) is 49.1 Å². The molecular weight excluding hydrogens is 332 g/mol. The van der Waals surface area contributed by atoms with Gasteiger partial charge in [0.25, 0.3) is 5.91 Å². The number of aryl methyl sites for hydroxylation is 1. The van der Waals surface area contributed by atoms with Crippen LogP contribution >= 0.6 is 11.3 Å². The fourth-order valence-corrected chi connectivity index (χ4v) is 4.98. The van der Waals surface area contributed by atoms with Gasteiger partial charge in [0.1, 0.15) is 0 Å². The van der Waals surface area contributed by atoms with Crippen molar-refractivity contribution in [3.8, 4) is 0 Å². The molecule has 2 bridgehead atoms. The number of thiophene rings is 1. The Morgan fingerprint density at radius 1 is 1.16 bits per heavy atom. The predicted octanol–water partition coefficient (Wildman–Crippen LogP) is 3.95. The van der Waals surface area contributed by atoms with Crippen molar-refractivity contribution in [3.63, 3.8) is 0 Å². The first-order chi connectivity index (χ1) is 11.8. The van der Waals surface area contributed by atoms with Crippen LogP contribution in [0.2, 0.25) is 0 Å². The Morgan fingerprint density at radius 3 is 2.36 bits per heavy atom. The number of hydrogen-bond donors (Lipinski definition) is 0. The lowest BCUT2D eigenvalue weighted by Crippen LogP contribution is -2.46. The summed E-state index contributed by atoms with van der Waals surface area (Å²) in [6, 6.07) is 5.04. The molecule has 0 spiro atoms. The average molecular weight is 359 g/mol. The van der Waals surface area contributed by atoms with Crippen LogP contribution in [0.1, 0.15) is 72.7 Å². The van der Waals surface area contributed by atoms with E-state index in [9.17, 15) is 4.79 Å². The quantitative estimate of drug-likeness (QED) is 0.817. The summed E-state index contributed by atoms with van der Waals surface area (Å²) in [6.45, 7) is 8.54. The third-order valence-electron chi connectivity index (χ3n) is 5.55. The molecule has 1 amide bonds. The summed E-state index contributed by atoms with van der Waals surface area (Å²) in [5.41, 5.74) is 1.05. The largest absolute Gasteiger partial charge is 0.332 e. The van der Waals surface area contributed by atoms with Crippen LogP contribution in [0.5, 0.6) is 0 Å². The summed E-state index contributed by atoms with van der Waals surface area (Å²) in [6.07, 6.45) is 6.29. The minimum Gasteiger partial charge on any atom is -0.332 e. The third-order valence-corrected chi connectivity index (χ3v) is 6.54. The number of aromatic nitrogens is 3. The molecule has 0 aliphatic carbocycles. The van der Waals surface area contributed by atoms with Crippen molar-refractivity contribution in [1.82, 2.24) is 19.9 Å². The Morgan fingerprint density at radius 2 is 1.84 bits per heavy atom. The third kappa shape index (κ3) is 3.01. The second-order valence-electron chi connectivity index (χ2n) is 8.47. The molecule has 0 aromatic carbocycles. The van der Waals surface area contributed by atoms with E-state index in [-0.39, 0.29) is 11.3 Å². The van der Waals surface area contributed by atoms with Crippen LogP contribution in [-0.2, 0) is 5.41 Å². The van der Waals surface area contributed by atoms with Crippen molar-refractivity contribution in [3.05, 3.63) is 33.8 Å². The number of nitrogens with zero attached hydrogens (tertiary/aromatic N) is 4.